The molecule has 0 atom stereocenters. The molecule has 4 nitrogen and oxygen atoms in total. The summed E-state index contributed by atoms with van der Waals surface area (Å²) >= 11 is 5.76. The molecule has 0 aliphatic carbocycles. The minimum absolute atomic E-state index is 0.0815. The van der Waals surface area contributed by atoms with E-state index in [0.717, 1.165) is 11.1 Å². The molecule has 0 bridgehead atoms. The first-order chi connectivity index (χ1) is 7.63. The molecule has 1 aromatic heterocycles. The lowest BCUT2D eigenvalue weighted by Crippen LogP contribution is -2.02. The molecular weight excluding hydrogens is 228 g/mol. The number of aryl methyl sites for hydroxylation is 1. The van der Waals surface area contributed by atoms with Gasteiger partial charge in [0.15, 0.2) is 0 Å². The Hall–Kier alpha value is -1.68. The Morgan fingerprint density at radius 1 is 1.44 bits per heavy atom. The number of hydrogen-bond acceptors (Lipinski definition) is 3. The van der Waals surface area contributed by atoms with Crippen LogP contribution in [0, 0.1) is 0 Å². The van der Waals surface area contributed by atoms with Gasteiger partial charge >= 0.3 is 5.97 Å². The highest BCUT2D eigenvalue weighted by Gasteiger charge is 2.13. The van der Waals surface area contributed by atoms with Crippen LogP contribution in [0.15, 0.2) is 18.2 Å². The molecule has 82 valence electrons. The highest BCUT2D eigenvalue weighted by atomic mass is 35.5. The summed E-state index contributed by atoms with van der Waals surface area (Å²) in [5.41, 5.74) is 1.31. The summed E-state index contributed by atoms with van der Waals surface area (Å²) < 4.78 is 0. The summed E-state index contributed by atoms with van der Waals surface area (Å²) in [5, 5.41) is 9.86. The number of benzene rings is 1. The van der Waals surface area contributed by atoms with Crippen molar-refractivity contribution in [1.29, 1.82) is 0 Å². The quantitative estimate of drug-likeness (QED) is 0.814. The molecule has 2 aromatic rings. The highest BCUT2D eigenvalue weighted by Crippen LogP contribution is 2.21. The molecule has 16 heavy (non-hydrogen) atoms. The molecule has 0 radical (unpaired) electrons. The number of fused-ring (bicyclic) bond motifs is 1. The monoisotopic (exact) mass is 236 g/mol. The van der Waals surface area contributed by atoms with Gasteiger partial charge in [-0.1, -0.05) is 19.1 Å². The van der Waals surface area contributed by atoms with Gasteiger partial charge in [-0.3, -0.25) is 0 Å². The summed E-state index contributed by atoms with van der Waals surface area (Å²) in [7, 11) is 0. The van der Waals surface area contributed by atoms with E-state index in [9.17, 15) is 4.79 Å². The molecule has 1 heterocycles. The summed E-state index contributed by atoms with van der Waals surface area (Å²) in [6.07, 6.45) is 0.682. The number of nitrogens with zero attached hydrogens (tertiary/aromatic N) is 2. The topological polar surface area (TPSA) is 63.1 Å². The number of para-hydroxylation sites is 1. The maximum atomic E-state index is 11.0. The van der Waals surface area contributed by atoms with Crippen molar-refractivity contribution in [2.75, 3.05) is 0 Å². The molecule has 1 aromatic carbocycles. The van der Waals surface area contributed by atoms with E-state index in [1.165, 1.54) is 6.07 Å². The van der Waals surface area contributed by atoms with Gasteiger partial charge in [-0.05, 0) is 24.1 Å². The van der Waals surface area contributed by atoms with Crippen LogP contribution in [0.25, 0.3) is 10.9 Å². The van der Waals surface area contributed by atoms with Crippen molar-refractivity contribution >= 4 is 28.5 Å². The average Bonchev–Trinajstić information content (AvgIpc) is 2.26. The van der Waals surface area contributed by atoms with Gasteiger partial charge in [0.2, 0.25) is 5.28 Å². The normalized spacial score (nSPS) is 10.6. The molecule has 0 saturated carbocycles. The van der Waals surface area contributed by atoms with Gasteiger partial charge in [-0.25, -0.2) is 14.8 Å². The summed E-state index contributed by atoms with van der Waals surface area (Å²) in [6.45, 7) is 1.94. The number of hydrogen-bond donors (Lipinski definition) is 1. The second kappa shape index (κ2) is 4.06. The van der Waals surface area contributed by atoms with Gasteiger partial charge in [0.05, 0.1) is 16.8 Å². The fourth-order valence-corrected chi connectivity index (χ4v) is 1.81. The second-order valence-electron chi connectivity index (χ2n) is 3.30. The number of rotatable bonds is 2. The molecule has 2 rings (SSSR count). The molecular formula is C11H9ClN2O2. The van der Waals surface area contributed by atoms with Gasteiger partial charge in [0.1, 0.15) is 0 Å². The van der Waals surface area contributed by atoms with Crippen LogP contribution in [0.5, 0.6) is 0 Å². The summed E-state index contributed by atoms with van der Waals surface area (Å²) in [6, 6.07) is 4.99. The summed E-state index contributed by atoms with van der Waals surface area (Å²) in [4.78, 5) is 19.1. The molecule has 0 aliphatic rings. The molecule has 0 saturated heterocycles. The number of aromatic carboxylic acids is 1. The number of carboxylic acids is 1. The van der Waals surface area contributed by atoms with E-state index in [1.54, 1.807) is 12.1 Å². The molecule has 5 heteroatoms. The maximum absolute atomic E-state index is 11.0. The van der Waals surface area contributed by atoms with E-state index in [-0.39, 0.29) is 10.8 Å². The van der Waals surface area contributed by atoms with Crippen LogP contribution in [0.3, 0.4) is 0 Å². The third kappa shape index (κ3) is 1.72. The zero-order chi connectivity index (χ0) is 11.7. The van der Waals surface area contributed by atoms with Crippen LogP contribution in [0.1, 0.15) is 23.0 Å². The van der Waals surface area contributed by atoms with Gasteiger partial charge in [0.25, 0.3) is 0 Å². The number of carbonyl (C=O) groups is 1. The lowest BCUT2D eigenvalue weighted by atomic mass is 10.1. The van der Waals surface area contributed by atoms with Crippen LogP contribution >= 0.6 is 11.6 Å². The standard InChI is InChI=1S/C11H9ClN2O2/c1-2-8-6-4-3-5-7(10(15)16)9(6)14-11(12)13-8/h3-5H,2H2,1H3,(H,15,16). The third-order valence-corrected chi connectivity index (χ3v) is 2.51. The van der Waals surface area contributed by atoms with Crippen LogP contribution in [0.2, 0.25) is 5.28 Å². The lowest BCUT2D eigenvalue weighted by Gasteiger charge is -2.05. The largest absolute Gasteiger partial charge is 0.478 e. The van der Waals surface area contributed by atoms with Crippen molar-refractivity contribution in [3.63, 3.8) is 0 Å². The van der Waals surface area contributed by atoms with Gasteiger partial charge < -0.3 is 5.11 Å². The van der Waals surface area contributed by atoms with Crippen molar-refractivity contribution in [2.45, 2.75) is 13.3 Å². The Morgan fingerprint density at radius 3 is 2.81 bits per heavy atom. The van der Waals surface area contributed by atoms with Crippen molar-refractivity contribution in [2.24, 2.45) is 0 Å². The van der Waals surface area contributed by atoms with E-state index in [2.05, 4.69) is 9.97 Å². The molecule has 0 amide bonds. The van der Waals surface area contributed by atoms with Gasteiger partial charge in [-0.2, -0.15) is 0 Å². The average molecular weight is 237 g/mol. The highest BCUT2D eigenvalue weighted by molar-refractivity contribution is 6.28. The van der Waals surface area contributed by atoms with Gasteiger partial charge in [-0.15, -0.1) is 0 Å². The SMILES string of the molecule is CCc1nc(Cl)nc2c(C(=O)O)cccc12. The zero-order valence-electron chi connectivity index (χ0n) is 8.57. The molecule has 0 fully saturated rings. The Balaban J connectivity index is 2.87. The fourth-order valence-electron chi connectivity index (χ4n) is 1.63. The lowest BCUT2D eigenvalue weighted by molar-refractivity contribution is 0.0699. The second-order valence-corrected chi connectivity index (χ2v) is 3.64. The first-order valence-electron chi connectivity index (χ1n) is 4.82. The van der Waals surface area contributed by atoms with E-state index in [0.29, 0.717) is 11.9 Å². The fraction of sp³-hybridized carbons (Fsp3) is 0.182. The zero-order valence-corrected chi connectivity index (χ0v) is 9.32. The van der Waals surface area contributed by atoms with Crippen molar-refractivity contribution < 1.29 is 9.90 Å². The van der Waals surface area contributed by atoms with Crippen LogP contribution in [-0.4, -0.2) is 21.0 Å². The minimum atomic E-state index is -1.01. The minimum Gasteiger partial charge on any atom is -0.478 e. The van der Waals surface area contributed by atoms with Crippen LogP contribution in [0.4, 0.5) is 0 Å². The van der Waals surface area contributed by atoms with E-state index in [4.69, 9.17) is 16.7 Å². The predicted molar refractivity (Wildman–Crippen MR) is 60.9 cm³/mol. The first kappa shape index (κ1) is 10.8. The molecule has 0 unspecified atom stereocenters. The molecule has 0 aliphatic heterocycles. The number of carboxylic acid groups (broad SMARTS) is 1. The Kier molecular flexibility index (Phi) is 2.75. The van der Waals surface area contributed by atoms with E-state index >= 15 is 0 Å². The first-order valence-corrected chi connectivity index (χ1v) is 5.19. The van der Waals surface area contributed by atoms with E-state index < -0.39 is 5.97 Å². The predicted octanol–water partition coefficient (Wildman–Crippen LogP) is 2.54. The molecule has 1 N–H and O–H groups in total. The van der Waals surface area contributed by atoms with Crippen LogP contribution in [-0.2, 0) is 6.42 Å². The Bertz CT molecular complexity index is 569. The molecule has 0 spiro atoms. The third-order valence-electron chi connectivity index (χ3n) is 2.34. The summed E-state index contributed by atoms with van der Waals surface area (Å²) in [5.74, 6) is -1.01. The Labute approximate surface area is 96.9 Å². The van der Waals surface area contributed by atoms with Gasteiger partial charge in [0, 0.05) is 5.39 Å². The number of halogens is 1. The Morgan fingerprint density at radius 2 is 2.19 bits per heavy atom. The smallest absolute Gasteiger partial charge is 0.337 e. The van der Waals surface area contributed by atoms with Crippen molar-refractivity contribution in [3.8, 4) is 0 Å². The van der Waals surface area contributed by atoms with Crippen molar-refractivity contribution in [3.05, 3.63) is 34.7 Å². The number of aromatic nitrogens is 2. The maximum Gasteiger partial charge on any atom is 0.337 e. The van der Waals surface area contributed by atoms with E-state index in [1.807, 2.05) is 6.92 Å². The van der Waals surface area contributed by atoms with Crippen LogP contribution < -0.4 is 0 Å². The van der Waals surface area contributed by atoms with Crippen molar-refractivity contribution in [1.82, 2.24) is 9.97 Å².